The molecule has 0 amide bonds. The lowest BCUT2D eigenvalue weighted by molar-refractivity contribution is 0.660. The number of fused-ring (bicyclic) bond motifs is 9. The van der Waals surface area contributed by atoms with Crippen molar-refractivity contribution >= 4 is 55.7 Å². The van der Waals surface area contributed by atoms with E-state index in [1.54, 1.807) is 0 Å². The maximum absolute atomic E-state index is 2.52. The molecule has 0 saturated heterocycles. The molecule has 11 rings (SSSR count). The van der Waals surface area contributed by atoms with Crippen molar-refractivity contribution < 1.29 is 0 Å². The summed E-state index contributed by atoms with van der Waals surface area (Å²) in [4.78, 5) is 4.94. The highest BCUT2D eigenvalue weighted by molar-refractivity contribution is 6.18. The fraction of sp³-hybridized carbons (Fsp3) is 0.107. The number of anilines is 6. The highest BCUT2D eigenvalue weighted by Gasteiger charge is 2.40. The van der Waals surface area contributed by atoms with Gasteiger partial charge in [0.15, 0.2) is 0 Å². The third-order valence-electron chi connectivity index (χ3n) is 13.0. The zero-order valence-corrected chi connectivity index (χ0v) is 33.4. The van der Waals surface area contributed by atoms with Crippen LogP contribution in [0.5, 0.6) is 0 Å². The molecule has 2 aliphatic rings. The number of benzene rings is 9. The SMILES string of the molecule is CC1(C)c2ccccc2-c2ccc(N(c3ccccc3)c3cccc(N(c4ccccc4)c4c5c(cc6c4ccc4ccccc46)C(C)(C)c4ccccc4-5)c3)cc21. The van der Waals surface area contributed by atoms with E-state index in [9.17, 15) is 0 Å². The van der Waals surface area contributed by atoms with Gasteiger partial charge in [0.1, 0.15) is 0 Å². The molecule has 278 valence electrons. The van der Waals surface area contributed by atoms with E-state index < -0.39 is 0 Å². The highest BCUT2D eigenvalue weighted by atomic mass is 15.2. The lowest BCUT2D eigenvalue weighted by Gasteiger charge is -2.32. The van der Waals surface area contributed by atoms with Crippen LogP contribution >= 0.6 is 0 Å². The maximum Gasteiger partial charge on any atom is 0.0621 e. The molecule has 9 aromatic rings. The zero-order chi connectivity index (χ0) is 39.2. The van der Waals surface area contributed by atoms with E-state index in [1.165, 1.54) is 71.7 Å². The van der Waals surface area contributed by atoms with Crippen molar-refractivity contribution in [1.29, 1.82) is 0 Å². The molecule has 0 atom stereocenters. The first-order valence-corrected chi connectivity index (χ1v) is 20.4. The van der Waals surface area contributed by atoms with Gasteiger partial charge in [-0.05, 0) is 116 Å². The molecule has 0 radical (unpaired) electrons. The summed E-state index contributed by atoms with van der Waals surface area (Å²) < 4.78 is 0. The molecule has 0 aliphatic heterocycles. The summed E-state index contributed by atoms with van der Waals surface area (Å²) in [5.41, 5.74) is 17.2. The standard InChI is InChI=1S/C56H44N2/c1-55(2)49-28-15-13-26-44(49)45-33-31-42(35-51(45)55)57(38-19-7-5-8-20-38)40-23-17-24-41(34-40)58(39-21-9-6-10-22-39)54-46-32-30-37-18-11-12-25-43(37)48(46)36-52-53(54)47-27-14-16-29-50(47)56(52,3)4/h5-36H,1-4H3. The summed E-state index contributed by atoms with van der Waals surface area (Å²) in [6.07, 6.45) is 0. The summed E-state index contributed by atoms with van der Waals surface area (Å²) in [5, 5.41) is 5.04. The second kappa shape index (κ2) is 12.8. The van der Waals surface area contributed by atoms with Crippen LogP contribution in [0.25, 0.3) is 43.8 Å². The van der Waals surface area contributed by atoms with E-state index in [2.05, 4.69) is 232 Å². The Kier molecular flexibility index (Phi) is 7.59. The third kappa shape index (κ3) is 5.04. The van der Waals surface area contributed by atoms with Gasteiger partial charge in [-0.1, -0.05) is 161 Å². The topological polar surface area (TPSA) is 6.48 Å². The fourth-order valence-corrected chi connectivity index (χ4v) is 10.1. The number of hydrogen-bond donors (Lipinski definition) is 0. The predicted molar refractivity (Wildman–Crippen MR) is 246 cm³/mol. The Hall–Kier alpha value is -6.90. The number of nitrogens with zero attached hydrogens (tertiary/aromatic N) is 2. The van der Waals surface area contributed by atoms with E-state index >= 15 is 0 Å². The van der Waals surface area contributed by atoms with E-state index in [-0.39, 0.29) is 10.8 Å². The molecule has 0 spiro atoms. The van der Waals surface area contributed by atoms with Crippen LogP contribution in [0.15, 0.2) is 194 Å². The van der Waals surface area contributed by atoms with E-state index in [4.69, 9.17) is 0 Å². The molecular formula is C56H44N2. The first-order valence-electron chi connectivity index (χ1n) is 20.4. The quantitative estimate of drug-likeness (QED) is 0.156. The van der Waals surface area contributed by atoms with E-state index in [0.717, 1.165) is 28.4 Å². The summed E-state index contributed by atoms with van der Waals surface area (Å²) in [6, 6.07) is 71.8. The van der Waals surface area contributed by atoms with Crippen LogP contribution in [0.1, 0.15) is 49.9 Å². The predicted octanol–water partition coefficient (Wildman–Crippen LogP) is 15.5. The molecule has 0 fully saturated rings. The monoisotopic (exact) mass is 744 g/mol. The summed E-state index contributed by atoms with van der Waals surface area (Å²) in [5.74, 6) is 0. The minimum absolute atomic E-state index is 0.112. The number of hydrogen-bond acceptors (Lipinski definition) is 2. The van der Waals surface area contributed by atoms with Crippen LogP contribution in [-0.4, -0.2) is 0 Å². The molecule has 2 heteroatoms. The van der Waals surface area contributed by atoms with Crippen LogP contribution in [-0.2, 0) is 10.8 Å². The van der Waals surface area contributed by atoms with Crippen LogP contribution in [0.3, 0.4) is 0 Å². The first-order chi connectivity index (χ1) is 28.3. The van der Waals surface area contributed by atoms with Crippen molar-refractivity contribution in [2.75, 3.05) is 9.80 Å². The lowest BCUT2D eigenvalue weighted by atomic mass is 9.81. The molecule has 58 heavy (non-hydrogen) atoms. The minimum Gasteiger partial charge on any atom is -0.310 e. The van der Waals surface area contributed by atoms with Gasteiger partial charge in [0.05, 0.1) is 5.69 Å². The second-order valence-electron chi connectivity index (χ2n) is 17.0. The highest BCUT2D eigenvalue weighted by Crippen LogP contribution is 2.58. The second-order valence-corrected chi connectivity index (χ2v) is 17.0. The van der Waals surface area contributed by atoms with Crippen LogP contribution in [0.2, 0.25) is 0 Å². The van der Waals surface area contributed by atoms with Gasteiger partial charge in [0.2, 0.25) is 0 Å². The summed E-state index contributed by atoms with van der Waals surface area (Å²) >= 11 is 0. The Morgan fingerprint density at radius 1 is 0.310 bits per heavy atom. The van der Waals surface area contributed by atoms with Crippen LogP contribution in [0.4, 0.5) is 34.1 Å². The Bertz CT molecular complexity index is 3070. The van der Waals surface area contributed by atoms with Gasteiger partial charge in [0, 0.05) is 50.2 Å². The zero-order valence-electron chi connectivity index (χ0n) is 33.4. The molecule has 2 aliphatic carbocycles. The van der Waals surface area contributed by atoms with Gasteiger partial charge in [-0.25, -0.2) is 0 Å². The summed E-state index contributed by atoms with van der Waals surface area (Å²) in [6.45, 7) is 9.50. The van der Waals surface area contributed by atoms with Gasteiger partial charge in [-0.3, -0.25) is 0 Å². The smallest absolute Gasteiger partial charge is 0.0621 e. The van der Waals surface area contributed by atoms with Crippen molar-refractivity contribution in [1.82, 2.24) is 0 Å². The van der Waals surface area contributed by atoms with Crippen molar-refractivity contribution in [2.45, 2.75) is 38.5 Å². The van der Waals surface area contributed by atoms with Gasteiger partial charge in [0.25, 0.3) is 0 Å². The van der Waals surface area contributed by atoms with Crippen molar-refractivity contribution in [3.05, 3.63) is 216 Å². The molecule has 0 unspecified atom stereocenters. The van der Waals surface area contributed by atoms with Gasteiger partial charge >= 0.3 is 0 Å². The Morgan fingerprint density at radius 3 is 1.59 bits per heavy atom. The minimum atomic E-state index is -0.179. The molecule has 0 aromatic heterocycles. The molecule has 0 N–H and O–H groups in total. The van der Waals surface area contributed by atoms with Gasteiger partial charge in [-0.15, -0.1) is 0 Å². The molecule has 0 bridgehead atoms. The van der Waals surface area contributed by atoms with E-state index in [0.29, 0.717) is 0 Å². The average Bonchev–Trinajstić information content (AvgIpc) is 3.63. The molecule has 0 heterocycles. The normalized spacial score (nSPS) is 14.1. The third-order valence-corrected chi connectivity index (χ3v) is 13.0. The number of para-hydroxylation sites is 2. The largest absolute Gasteiger partial charge is 0.310 e. The molecule has 0 saturated carbocycles. The van der Waals surface area contributed by atoms with E-state index in [1.807, 2.05) is 0 Å². The Labute approximate surface area is 341 Å². The lowest BCUT2D eigenvalue weighted by Crippen LogP contribution is -2.17. The molecule has 2 nitrogen and oxygen atoms in total. The molecule has 9 aromatic carbocycles. The van der Waals surface area contributed by atoms with Crippen molar-refractivity contribution in [2.24, 2.45) is 0 Å². The average molecular weight is 745 g/mol. The van der Waals surface area contributed by atoms with Crippen molar-refractivity contribution in [3.63, 3.8) is 0 Å². The van der Waals surface area contributed by atoms with Crippen molar-refractivity contribution in [3.8, 4) is 22.3 Å². The number of rotatable bonds is 6. The van der Waals surface area contributed by atoms with Crippen LogP contribution < -0.4 is 9.80 Å². The van der Waals surface area contributed by atoms with Gasteiger partial charge < -0.3 is 9.80 Å². The molecular weight excluding hydrogens is 701 g/mol. The van der Waals surface area contributed by atoms with Gasteiger partial charge in [-0.2, -0.15) is 0 Å². The Morgan fingerprint density at radius 2 is 0.845 bits per heavy atom. The fourth-order valence-electron chi connectivity index (χ4n) is 10.1. The van der Waals surface area contributed by atoms with Crippen LogP contribution in [0, 0.1) is 0 Å². The Balaban J connectivity index is 1.17. The summed E-state index contributed by atoms with van der Waals surface area (Å²) in [7, 11) is 0. The maximum atomic E-state index is 2.52. The first kappa shape index (κ1) is 34.4.